The summed E-state index contributed by atoms with van der Waals surface area (Å²) in [6.07, 6.45) is 1.31. The van der Waals surface area contributed by atoms with Crippen LogP contribution >= 0.6 is 11.6 Å². The van der Waals surface area contributed by atoms with Gasteiger partial charge in [-0.25, -0.2) is 22.5 Å². The van der Waals surface area contributed by atoms with Crippen molar-refractivity contribution in [3.63, 3.8) is 0 Å². The van der Waals surface area contributed by atoms with Gasteiger partial charge in [0.2, 0.25) is 0 Å². The summed E-state index contributed by atoms with van der Waals surface area (Å²) in [6, 6.07) is 9.95. The fraction of sp³-hybridized carbons (Fsp3) is 0.111. The van der Waals surface area contributed by atoms with E-state index in [9.17, 15) is 17.6 Å². The first-order chi connectivity index (χ1) is 13.2. The molecule has 1 amide bonds. The Kier molecular flexibility index (Phi) is 5.39. The number of benzene rings is 2. The standard InChI is InChI=1S/C18H15ClFN3O4S/c1-23-10-15(21-17(23)12-5-3-4-6-14(12)20)18(24)22-28(25,26)16-9-11(27-2)7-8-13(16)19/h3-10H,1-2H3,(H,22,24). The molecule has 7 nitrogen and oxygen atoms in total. The second-order valence-corrected chi connectivity index (χ2v) is 7.83. The van der Waals surface area contributed by atoms with Crippen molar-refractivity contribution < 1.29 is 22.3 Å². The second kappa shape index (κ2) is 7.61. The Balaban J connectivity index is 1.92. The van der Waals surface area contributed by atoms with E-state index >= 15 is 0 Å². The molecule has 0 radical (unpaired) electrons. The topological polar surface area (TPSA) is 90.3 Å². The first kappa shape index (κ1) is 19.8. The Bertz CT molecular complexity index is 1160. The van der Waals surface area contributed by atoms with Crippen LogP contribution in [0.25, 0.3) is 11.4 Å². The normalized spacial score (nSPS) is 11.3. The molecule has 3 aromatic rings. The molecule has 0 aliphatic rings. The van der Waals surface area contributed by atoms with Crippen molar-refractivity contribution in [2.45, 2.75) is 4.90 Å². The first-order valence-corrected chi connectivity index (χ1v) is 9.78. The lowest BCUT2D eigenvalue weighted by Crippen LogP contribution is -2.31. The van der Waals surface area contributed by atoms with Gasteiger partial charge in [-0.05, 0) is 24.3 Å². The van der Waals surface area contributed by atoms with Crippen LogP contribution in [0.15, 0.2) is 53.6 Å². The number of hydrogen-bond donors (Lipinski definition) is 1. The predicted octanol–water partition coefficient (Wildman–Crippen LogP) is 3.01. The van der Waals surface area contributed by atoms with Crippen LogP contribution in [-0.4, -0.2) is 31.0 Å². The Morgan fingerprint density at radius 3 is 2.64 bits per heavy atom. The highest BCUT2D eigenvalue weighted by Gasteiger charge is 2.24. The number of sulfonamides is 1. The number of amides is 1. The van der Waals surface area contributed by atoms with Crippen LogP contribution in [-0.2, 0) is 17.1 Å². The average molecular weight is 424 g/mol. The summed E-state index contributed by atoms with van der Waals surface area (Å²) in [6.45, 7) is 0. The van der Waals surface area contributed by atoms with Crippen LogP contribution in [0.3, 0.4) is 0 Å². The molecule has 3 rings (SSSR count). The maximum atomic E-state index is 14.0. The lowest BCUT2D eigenvalue weighted by atomic mass is 10.2. The van der Waals surface area contributed by atoms with Gasteiger partial charge in [-0.1, -0.05) is 23.7 Å². The number of rotatable bonds is 5. The number of halogens is 2. The number of hydrogen-bond acceptors (Lipinski definition) is 5. The van der Waals surface area contributed by atoms with Gasteiger partial charge in [0, 0.05) is 19.3 Å². The highest BCUT2D eigenvalue weighted by Crippen LogP contribution is 2.26. The van der Waals surface area contributed by atoms with Gasteiger partial charge < -0.3 is 9.30 Å². The third-order valence-corrected chi connectivity index (χ3v) is 5.69. The van der Waals surface area contributed by atoms with Crippen LogP contribution < -0.4 is 9.46 Å². The van der Waals surface area contributed by atoms with Crippen LogP contribution in [0.1, 0.15) is 10.5 Å². The summed E-state index contributed by atoms with van der Waals surface area (Å²) in [5.74, 6) is -1.05. The van der Waals surface area contributed by atoms with Gasteiger partial charge in [0.1, 0.15) is 28.0 Å². The number of nitrogens with one attached hydrogen (secondary N) is 1. The van der Waals surface area contributed by atoms with Crippen LogP contribution in [0.5, 0.6) is 5.75 Å². The quantitative estimate of drug-likeness (QED) is 0.681. The Hall–Kier alpha value is -2.91. The molecule has 0 fully saturated rings. The van der Waals surface area contributed by atoms with E-state index in [-0.39, 0.29) is 32.7 Å². The summed E-state index contributed by atoms with van der Waals surface area (Å²) in [5, 5.41) is -0.0748. The molecule has 10 heteroatoms. The Labute approximate surface area is 165 Å². The van der Waals surface area contributed by atoms with E-state index in [1.54, 1.807) is 13.1 Å². The molecule has 0 bridgehead atoms. The third kappa shape index (κ3) is 3.85. The van der Waals surface area contributed by atoms with E-state index in [1.807, 2.05) is 4.72 Å². The lowest BCUT2D eigenvalue weighted by Gasteiger charge is -2.09. The molecule has 0 spiro atoms. The third-order valence-electron chi connectivity index (χ3n) is 3.88. The zero-order valence-electron chi connectivity index (χ0n) is 14.8. The van der Waals surface area contributed by atoms with Gasteiger partial charge in [-0.15, -0.1) is 0 Å². The predicted molar refractivity (Wildman–Crippen MR) is 101 cm³/mol. The fourth-order valence-electron chi connectivity index (χ4n) is 2.51. The van der Waals surface area contributed by atoms with Crippen molar-refractivity contribution in [1.29, 1.82) is 0 Å². The van der Waals surface area contributed by atoms with Crippen LogP contribution in [0.2, 0.25) is 5.02 Å². The van der Waals surface area contributed by atoms with Gasteiger partial charge in [0.25, 0.3) is 15.9 Å². The number of aromatic nitrogens is 2. The van der Waals surface area contributed by atoms with E-state index in [0.717, 1.165) is 0 Å². The summed E-state index contributed by atoms with van der Waals surface area (Å²) >= 11 is 5.95. The van der Waals surface area contributed by atoms with E-state index < -0.39 is 21.7 Å². The monoisotopic (exact) mass is 423 g/mol. The molecule has 0 unspecified atom stereocenters. The molecule has 0 saturated heterocycles. The van der Waals surface area contributed by atoms with Crippen molar-refractivity contribution in [2.24, 2.45) is 7.05 Å². The number of methoxy groups -OCH3 is 1. The molecule has 2 aromatic carbocycles. The molecule has 146 valence electrons. The molecule has 0 aliphatic heterocycles. The number of carbonyl (C=O) groups is 1. The zero-order chi connectivity index (χ0) is 20.5. The molecular weight excluding hydrogens is 409 g/mol. The minimum atomic E-state index is -4.28. The van der Waals surface area contributed by atoms with E-state index in [1.165, 1.54) is 54.3 Å². The van der Waals surface area contributed by atoms with Crippen molar-refractivity contribution in [3.05, 3.63) is 65.2 Å². The molecule has 28 heavy (non-hydrogen) atoms. The average Bonchev–Trinajstić information content (AvgIpc) is 3.04. The molecule has 0 aliphatic carbocycles. The molecule has 1 heterocycles. The van der Waals surface area contributed by atoms with Gasteiger partial charge in [-0.2, -0.15) is 0 Å². The number of ether oxygens (including phenoxy) is 1. The number of aryl methyl sites for hydroxylation is 1. The van der Waals surface area contributed by atoms with Crippen LogP contribution in [0, 0.1) is 5.82 Å². The zero-order valence-corrected chi connectivity index (χ0v) is 16.4. The Morgan fingerprint density at radius 2 is 1.96 bits per heavy atom. The summed E-state index contributed by atoms with van der Waals surface area (Å²) < 4.78 is 47.4. The van der Waals surface area contributed by atoms with E-state index in [2.05, 4.69) is 4.98 Å². The van der Waals surface area contributed by atoms with Crippen molar-refractivity contribution in [1.82, 2.24) is 14.3 Å². The van der Waals surface area contributed by atoms with Crippen molar-refractivity contribution in [3.8, 4) is 17.1 Å². The van der Waals surface area contributed by atoms with E-state index in [0.29, 0.717) is 0 Å². The molecule has 0 saturated carbocycles. The molecular formula is C18H15ClFN3O4S. The Morgan fingerprint density at radius 1 is 1.25 bits per heavy atom. The van der Waals surface area contributed by atoms with Crippen molar-refractivity contribution in [2.75, 3.05) is 7.11 Å². The summed E-state index contributed by atoms with van der Waals surface area (Å²) in [5.41, 5.74) is -0.00825. The number of nitrogens with zero attached hydrogens (tertiary/aromatic N) is 2. The van der Waals surface area contributed by atoms with Gasteiger partial charge >= 0.3 is 0 Å². The maximum absolute atomic E-state index is 14.0. The summed E-state index contributed by atoms with van der Waals surface area (Å²) in [7, 11) is -1.34. The van der Waals surface area contributed by atoms with E-state index in [4.69, 9.17) is 16.3 Å². The van der Waals surface area contributed by atoms with Gasteiger partial charge in [-0.3, -0.25) is 4.79 Å². The molecule has 1 N–H and O–H groups in total. The minimum absolute atomic E-state index is 0.0748. The first-order valence-electron chi connectivity index (χ1n) is 7.92. The SMILES string of the molecule is COc1ccc(Cl)c(S(=O)(=O)NC(=O)c2cn(C)c(-c3ccccc3F)n2)c1. The number of imidazole rings is 1. The number of carbonyl (C=O) groups excluding carboxylic acids is 1. The molecule has 0 atom stereocenters. The molecule has 1 aromatic heterocycles. The smallest absolute Gasteiger partial charge is 0.285 e. The minimum Gasteiger partial charge on any atom is -0.497 e. The van der Waals surface area contributed by atoms with Gasteiger partial charge in [0.05, 0.1) is 17.7 Å². The highest BCUT2D eigenvalue weighted by molar-refractivity contribution is 7.90. The summed E-state index contributed by atoms with van der Waals surface area (Å²) in [4.78, 5) is 16.2. The lowest BCUT2D eigenvalue weighted by molar-refractivity contribution is 0.0977. The maximum Gasteiger partial charge on any atom is 0.285 e. The second-order valence-electron chi connectivity index (χ2n) is 5.77. The fourth-order valence-corrected chi connectivity index (χ4v) is 3.99. The van der Waals surface area contributed by atoms with Gasteiger partial charge in [0.15, 0.2) is 0 Å². The largest absolute Gasteiger partial charge is 0.497 e. The highest BCUT2D eigenvalue weighted by atomic mass is 35.5. The van der Waals surface area contributed by atoms with Crippen LogP contribution in [0.4, 0.5) is 4.39 Å². The van der Waals surface area contributed by atoms with Crippen molar-refractivity contribution >= 4 is 27.5 Å².